The fraction of sp³-hybridized carbons (Fsp3) is 0.500. The molecular weight excluding hydrogens is 319 g/mol. The van der Waals surface area contributed by atoms with Gasteiger partial charge in [-0.1, -0.05) is 23.2 Å². The number of esters is 1. The Morgan fingerprint density at radius 3 is 2.52 bits per heavy atom. The van der Waals surface area contributed by atoms with E-state index in [4.69, 9.17) is 23.2 Å². The van der Waals surface area contributed by atoms with E-state index in [2.05, 4.69) is 14.9 Å². The lowest BCUT2D eigenvalue weighted by Gasteiger charge is -2.34. The Balaban J connectivity index is 1.97. The van der Waals surface area contributed by atoms with E-state index in [9.17, 15) is 9.59 Å². The van der Waals surface area contributed by atoms with Crippen LogP contribution in [-0.4, -0.2) is 71.7 Å². The molecule has 0 aromatic carbocycles. The predicted octanol–water partition coefficient (Wildman–Crippen LogP) is 0.714. The zero-order valence-electron chi connectivity index (χ0n) is 11.4. The van der Waals surface area contributed by atoms with Crippen LogP contribution in [0.5, 0.6) is 0 Å². The van der Waals surface area contributed by atoms with Crippen molar-refractivity contribution in [1.29, 1.82) is 0 Å². The summed E-state index contributed by atoms with van der Waals surface area (Å²) in [6, 6.07) is 1.40. The third-order valence-electron chi connectivity index (χ3n) is 3.19. The van der Waals surface area contributed by atoms with Crippen molar-refractivity contribution in [2.24, 2.45) is 0 Å². The van der Waals surface area contributed by atoms with Crippen LogP contribution < -0.4 is 0 Å². The molecule has 1 amide bonds. The fourth-order valence-corrected chi connectivity index (χ4v) is 2.35. The summed E-state index contributed by atoms with van der Waals surface area (Å²) >= 11 is 11.6. The number of hydrogen-bond donors (Lipinski definition) is 0. The SMILES string of the molecule is COC(=O)CN1CCN(C(=O)c2cc(Cl)nnc2Cl)CC1. The summed E-state index contributed by atoms with van der Waals surface area (Å²) in [5.74, 6) is -0.530. The van der Waals surface area contributed by atoms with Crippen molar-refractivity contribution < 1.29 is 14.3 Å². The smallest absolute Gasteiger partial charge is 0.319 e. The third-order valence-corrected chi connectivity index (χ3v) is 3.65. The lowest BCUT2D eigenvalue weighted by atomic mass is 10.2. The number of rotatable bonds is 3. The molecule has 1 saturated heterocycles. The molecule has 9 heteroatoms. The largest absolute Gasteiger partial charge is 0.468 e. The zero-order valence-corrected chi connectivity index (χ0v) is 12.9. The van der Waals surface area contributed by atoms with Crippen LogP contribution >= 0.6 is 23.2 Å². The van der Waals surface area contributed by atoms with Crippen LogP contribution in [0.4, 0.5) is 0 Å². The average Bonchev–Trinajstić information content (AvgIpc) is 2.49. The van der Waals surface area contributed by atoms with Gasteiger partial charge >= 0.3 is 5.97 Å². The Morgan fingerprint density at radius 2 is 1.90 bits per heavy atom. The Kier molecular flexibility index (Phi) is 5.33. The molecule has 0 bridgehead atoms. The van der Waals surface area contributed by atoms with Crippen LogP contribution in [0, 0.1) is 0 Å². The van der Waals surface area contributed by atoms with Crippen molar-refractivity contribution in [1.82, 2.24) is 20.0 Å². The Morgan fingerprint density at radius 1 is 1.24 bits per heavy atom. The molecule has 21 heavy (non-hydrogen) atoms. The van der Waals surface area contributed by atoms with Crippen LogP contribution in [0.3, 0.4) is 0 Å². The lowest BCUT2D eigenvalue weighted by molar-refractivity contribution is -0.142. The number of aromatic nitrogens is 2. The molecule has 2 heterocycles. The zero-order chi connectivity index (χ0) is 15.4. The maximum atomic E-state index is 12.4. The maximum absolute atomic E-state index is 12.4. The molecular formula is C12H14Cl2N4O3. The molecule has 0 unspecified atom stereocenters. The standard InChI is InChI=1S/C12H14Cl2N4O3/c1-21-10(19)7-17-2-4-18(5-3-17)12(20)8-6-9(13)15-16-11(8)14/h6H,2-5,7H2,1H3. The van der Waals surface area contributed by atoms with E-state index < -0.39 is 0 Å². The molecule has 0 atom stereocenters. The highest BCUT2D eigenvalue weighted by Crippen LogP contribution is 2.18. The number of amides is 1. The first-order valence-electron chi connectivity index (χ1n) is 6.28. The molecule has 0 spiro atoms. The predicted molar refractivity (Wildman–Crippen MR) is 76.4 cm³/mol. The van der Waals surface area contributed by atoms with Crippen molar-refractivity contribution in [2.45, 2.75) is 0 Å². The summed E-state index contributed by atoms with van der Waals surface area (Å²) in [7, 11) is 1.35. The molecule has 0 radical (unpaired) electrons. The van der Waals surface area contributed by atoms with Gasteiger partial charge in [0.25, 0.3) is 5.91 Å². The van der Waals surface area contributed by atoms with E-state index in [0.29, 0.717) is 26.2 Å². The molecule has 1 fully saturated rings. The molecule has 1 aromatic heterocycles. The Labute approximate surface area is 131 Å². The molecule has 1 aromatic rings. The minimum atomic E-state index is -0.289. The summed E-state index contributed by atoms with van der Waals surface area (Å²) in [5, 5.41) is 7.35. The van der Waals surface area contributed by atoms with Crippen molar-refractivity contribution in [2.75, 3.05) is 39.8 Å². The van der Waals surface area contributed by atoms with Gasteiger partial charge in [-0.05, 0) is 6.07 Å². The first-order valence-corrected chi connectivity index (χ1v) is 7.04. The van der Waals surface area contributed by atoms with Crippen LogP contribution in [0.25, 0.3) is 0 Å². The van der Waals surface area contributed by atoms with E-state index in [-0.39, 0.29) is 34.3 Å². The second-order valence-electron chi connectivity index (χ2n) is 4.52. The van der Waals surface area contributed by atoms with E-state index in [1.165, 1.54) is 13.2 Å². The minimum absolute atomic E-state index is 0.0291. The molecule has 2 rings (SSSR count). The van der Waals surface area contributed by atoms with E-state index in [0.717, 1.165) is 0 Å². The van der Waals surface area contributed by atoms with Crippen LogP contribution in [0.1, 0.15) is 10.4 Å². The van der Waals surface area contributed by atoms with E-state index >= 15 is 0 Å². The second kappa shape index (κ2) is 7.02. The van der Waals surface area contributed by atoms with Crippen LogP contribution in [-0.2, 0) is 9.53 Å². The minimum Gasteiger partial charge on any atom is -0.468 e. The van der Waals surface area contributed by atoms with Gasteiger partial charge in [0.05, 0.1) is 19.2 Å². The van der Waals surface area contributed by atoms with Gasteiger partial charge in [-0.2, -0.15) is 0 Å². The molecule has 7 nitrogen and oxygen atoms in total. The van der Waals surface area contributed by atoms with Crippen LogP contribution in [0.2, 0.25) is 10.3 Å². The Hall–Kier alpha value is -1.44. The average molecular weight is 333 g/mol. The third kappa shape index (κ3) is 4.03. The summed E-state index contributed by atoms with van der Waals surface area (Å²) in [5.41, 5.74) is 0.234. The van der Waals surface area contributed by atoms with Gasteiger partial charge in [-0.3, -0.25) is 14.5 Å². The first kappa shape index (κ1) is 15.9. The van der Waals surface area contributed by atoms with Crippen molar-refractivity contribution >= 4 is 35.1 Å². The topological polar surface area (TPSA) is 75.6 Å². The summed E-state index contributed by atoms with van der Waals surface area (Å²) in [6.07, 6.45) is 0. The van der Waals surface area contributed by atoms with Crippen molar-refractivity contribution in [3.05, 3.63) is 21.9 Å². The van der Waals surface area contributed by atoms with E-state index in [1.54, 1.807) is 4.90 Å². The Bertz CT molecular complexity index is 547. The monoisotopic (exact) mass is 332 g/mol. The lowest BCUT2D eigenvalue weighted by Crippen LogP contribution is -2.50. The highest BCUT2D eigenvalue weighted by Gasteiger charge is 2.25. The van der Waals surface area contributed by atoms with Gasteiger partial charge in [-0.15, -0.1) is 10.2 Å². The van der Waals surface area contributed by atoms with Crippen molar-refractivity contribution in [3.8, 4) is 0 Å². The number of piperazine rings is 1. The number of carbonyl (C=O) groups excluding carboxylic acids is 2. The molecule has 114 valence electrons. The molecule has 0 N–H and O–H groups in total. The fourth-order valence-electron chi connectivity index (χ4n) is 2.03. The number of halogens is 2. The first-order chi connectivity index (χ1) is 10.0. The number of hydrogen-bond acceptors (Lipinski definition) is 6. The number of carbonyl (C=O) groups is 2. The molecule has 0 saturated carbocycles. The number of nitrogens with zero attached hydrogens (tertiary/aromatic N) is 4. The summed E-state index contributed by atoms with van der Waals surface area (Å²) in [6.45, 7) is 2.38. The quantitative estimate of drug-likeness (QED) is 0.759. The molecule has 0 aliphatic carbocycles. The molecule has 1 aliphatic heterocycles. The van der Waals surface area contributed by atoms with Gasteiger partial charge in [0.2, 0.25) is 0 Å². The maximum Gasteiger partial charge on any atom is 0.319 e. The highest BCUT2D eigenvalue weighted by atomic mass is 35.5. The van der Waals surface area contributed by atoms with Gasteiger partial charge in [-0.25, -0.2) is 0 Å². The highest BCUT2D eigenvalue weighted by molar-refractivity contribution is 6.34. The summed E-state index contributed by atoms with van der Waals surface area (Å²) < 4.78 is 4.62. The number of methoxy groups -OCH3 is 1. The van der Waals surface area contributed by atoms with E-state index in [1.807, 2.05) is 4.90 Å². The normalized spacial score (nSPS) is 15.9. The number of ether oxygens (including phenoxy) is 1. The second-order valence-corrected chi connectivity index (χ2v) is 5.26. The van der Waals surface area contributed by atoms with Gasteiger partial charge in [0.1, 0.15) is 0 Å². The molecule has 1 aliphatic rings. The van der Waals surface area contributed by atoms with Gasteiger partial charge < -0.3 is 9.64 Å². The van der Waals surface area contributed by atoms with Crippen LogP contribution in [0.15, 0.2) is 6.07 Å². The van der Waals surface area contributed by atoms with Gasteiger partial charge in [0, 0.05) is 26.2 Å². The summed E-state index contributed by atoms with van der Waals surface area (Å²) in [4.78, 5) is 27.1. The van der Waals surface area contributed by atoms with Gasteiger partial charge in [0.15, 0.2) is 10.3 Å². The van der Waals surface area contributed by atoms with Crippen molar-refractivity contribution in [3.63, 3.8) is 0 Å².